The van der Waals surface area contributed by atoms with E-state index in [1.54, 1.807) is 11.8 Å². The predicted molar refractivity (Wildman–Crippen MR) is 74.7 cm³/mol. The lowest BCUT2D eigenvalue weighted by atomic mass is 9.96. The summed E-state index contributed by atoms with van der Waals surface area (Å²) in [7, 11) is 5.87. The fraction of sp³-hybridized carbons (Fsp3) is 0.533. The fourth-order valence-corrected chi connectivity index (χ4v) is 2.58. The van der Waals surface area contributed by atoms with Gasteiger partial charge in [-0.3, -0.25) is 4.79 Å². The molecule has 2 fully saturated rings. The maximum absolute atomic E-state index is 11.1. The van der Waals surface area contributed by atoms with Crippen molar-refractivity contribution < 1.29 is 9.53 Å². The molecule has 1 saturated heterocycles. The molecule has 1 aliphatic carbocycles. The van der Waals surface area contributed by atoms with Gasteiger partial charge in [-0.15, -0.1) is 0 Å². The monoisotopic (exact) mass is 255 g/mol. The molecular weight excluding hydrogens is 237 g/mol. The molecule has 4 heteroatoms. The van der Waals surface area contributed by atoms with Crippen LogP contribution in [0, 0.1) is 6.92 Å². The van der Waals surface area contributed by atoms with Gasteiger partial charge in [0.05, 0.1) is 20.9 Å². The minimum absolute atomic E-state index is 0.120. The zero-order chi connectivity index (χ0) is 13.6. The second kappa shape index (κ2) is 4.59. The van der Waals surface area contributed by atoms with Gasteiger partial charge in [0.15, 0.2) is 0 Å². The molecular formula is C15H18BNO2. The van der Waals surface area contributed by atoms with Crippen molar-refractivity contribution in [1.29, 1.82) is 0 Å². The summed E-state index contributed by atoms with van der Waals surface area (Å²) in [5.74, 6) is 1.91. The summed E-state index contributed by atoms with van der Waals surface area (Å²) >= 11 is 0. The lowest BCUT2D eigenvalue weighted by molar-refractivity contribution is -0.137. The highest BCUT2D eigenvalue weighted by atomic mass is 16.5. The Hall–Kier alpha value is -1.45. The van der Waals surface area contributed by atoms with Crippen molar-refractivity contribution in [1.82, 2.24) is 4.90 Å². The van der Waals surface area contributed by atoms with E-state index in [2.05, 4.69) is 19.1 Å². The predicted octanol–water partition coefficient (Wildman–Crippen LogP) is 2.05. The number of aryl methyl sites for hydroxylation is 1. The van der Waals surface area contributed by atoms with Gasteiger partial charge in [0.2, 0.25) is 5.91 Å². The highest BCUT2D eigenvalue weighted by Crippen LogP contribution is 2.50. The standard InChI is InChI=1S/C15H18BNO2/c1-9-5-11(13-6-14(13)16)3-4-15(9)19-12-7-17(8-12)10(2)18/h3-5,12-14H,6-8H2,1-2H3. The van der Waals surface area contributed by atoms with Crippen molar-refractivity contribution in [2.75, 3.05) is 13.1 Å². The summed E-state index contributed by atoms with van der Waals surface area (Å²) in [4.78, 5) is 12.9. The molecule has 2 aliphatic rings. The third-order valence-electron chi connectivity index (χ3n) is 4.05. The van der Waals surface area contributed by atoms with Crippen LogP contribution in [-0.2, 0) is 4.79 Å². The fourth-order valence-electron chi connectivity index (χ4n) is 2.58. The molecule has 19 heavy (non-hydrogen) atoms. The SMILES string of the molecule is [B]C1CC1c1ccc(OC2CN(C(C)=O)C2)c(C)c1. The van der Waals surface area contributed by atoms with E-state index in [9.17, 15) is 4.79 Å². The van der Waals surface area contributed by atoms with E-state index < -0.39 is 0 Å². The van der Waals surface area contributed by atoms with Crippen LogP contribution in [-0.4, -0.2) is 37.8 Å². The van der Waals surface area contributed by atoms with Crippen molar-refractivity contribution in [3.63, 3.8) is 0 Å². The molecule has 0 N–H and O–H groups in total. The third-order valence-corrected chi connectivity index (χ3v) is 4.05. The number of rotatable bonds is 3. The Morgan fingerprint density at radius 3 is 2.63 bits per heavy atom. The van der Waals surface area contributed by atoms with Gasteiger partial charge in [-0.05, 0) is 30.0 Å². The quantitative estimate of drug-likeness (QED) is 0.773. The van der Waals surface area contributed by atoms with Crippen LogP contribution in [0.25, 0.3) is 0 Å². The molecule has 2 radical (unpaired) electrons. The first-order valence-corrected chi connectivity index (χ1v) is 6.83. The Kier molecular flexibility index (Phi) is 3.04. The summed E-state index contributed by atoms with van der Waals surface area (Å²) in [6.45, 7) is 5.05. The Labute approximate surface area is 115 Å². The van der Waals surface area contributed by atoms with Gasteiger partial charge in [0.25, 0.3) is 0 Å². The zero-order valence-electron chi connectivity index (χ0n) is 11.4. The molecule has 2 unspecified atom stereocenters. The minimum Gasteiger partial charge on any atom is -0.486 e. The van der Waals surface area contributed by atoms with E-state index in [0.29, 0.717) is 24.8 Å². The lowest BCUT2D eigenvalue weighted by Crippen LogP contribution is -2.55. The van der Waals surface area contributed by atoms with Gasteiger partial charge < -0.3 is 9.64 Å². The topological polar surface area (TPSA) is 29.5 Å². The molecule has 3 rings (SSSR count). The van der Waals surface area contributed by atoms with Crippen molar-refractivity contribution in [2.45, 2.75) is 38.1 Å². The summed E-state index contributed by atoms with van der Waals surface area (Å²) in [5, 5.41) is 0. The van der Waals surface area contributed by atoms with Gasteiger partial charge in [-0.25, -0.2) is 0 Å². The largest absolute Gasteiger partial charge is 0.486 e. The van der Waals surface area contributed by atoms with Gasteiger partial charge in [0, 0.05) is 6.92 Å². The summed E-state index contributed by atoms with van der Waals surface area (Å²) in [5.41, 5.74) is 2.47. The average Bonchev–Trinajstić information content (AvgIpc) is 3.01. The number of likely N-dealkylation sites (tertiary alicyclic amines) is 1. The third kappa shape index (κ3) is 2.49. The highest BCUT2D eigenvalue weighted by molar-refractivity contribution is 6.14. The van der Waals surface area contributed by atoms with Crippen molar-refractivity contribution in [3.05, 3.63) is 29.3 Å². The number of hydrogen-bond acceptors (Lipinski definition) is 2. The molecule has 98 valence electrons. The van der Waals surface area contributed by atoms with E-state index in [0.717, 1.165) is 17.7 Å². The molecule has 1 aromatic rings. The minimum atomic E-state index is 0.120. The lowest BCUT2D eigenvalue weighted by Gasteiger charge is -2.38. The molecule has 1 amide bonds. The van der Waals surface area contributed by atoms with E-state index in [1.165, 1.54) is 5.56 Å². The first-order valence-electron chi connectivity index (χ1n) is 6.83. The Morgan fingerprint density at radius 1 is 1.42 bits per heavy atom. The van der Waals surface area contributed by atoms with Gasteiger partial charge in [-0.1, -0.05) is 24.4 Å². The van der Waals surface area contributed by atoms with E-state index >= 15 is 0 Å². The van der Waals surface area contributed by atoms with Gasteiger partial charge >= 0.3 is 0 Å². The average molecular weight is 255 g/mol. The van der Waals surface area contributed by atoms with Crippen LogP contribution in [0.1, 0.15) is 30.4 Å². The zero-order valence-corrected chi connectivity index (χ0v) is 11.4. The maximum Gasteiger partial charge on any atom is 0.219 e. The molecule has 0 bridgehead atoms. The number of nitrogens with zero attached hydrogens (tertiary/aromatic N) is 1. The number of carbonyl (C=O) groups excluding carboxylic acids is 1. The number of amides is 1. The van der Waals surface area contributed by atoms with Crippen LogP contribution in [0.15, 0.2) is 18.2 Å². The normalized spacial score (nSPS) is 25.9. The second-order valence-electron chi connectivity index (χ2n) is 5.69. The van der Waals surface area contributed by atoms with Crippen LogP contribution in [0.2, 0.25) is 5.82 Å². The van der Waals surface area contributed by atoms with Crippen molar-refractivity contribution >= 4 is 13.8 Å². The van der Waals surface area contributed by atoms with E-state index in [-0.39, 0.29) is 12.0 Å². The summed E-state index contributed by atoms with van der Waals surface area (Å²) in [6, 6.07) is 6.32. The molecule has 0 aromatic heterocycles. The van der Waals surface area contributed by atoms with Gasteiger partial charge in [0.1, 0.15) is 11.9 Å². The molecule has 1 heterocycles. The molecule has 1 aromatic carbocycles. The van der Waals surface area contributed by atoms with Gasteiger partial charge in [-0.2, -0.15) is 0 Å². The molecule has 3 nitrogen and oxygen atoms in total. The Morgan fingerprint density at radius 2 is 2.11 bits per heavy atom. The molecule has 1 saturated carbocycles. The summed E-state index contributed by atoms with van der Waals surface area (Å²) in [6.07, 6.45) is 1.23. The molecule has 2 atom stereocenters. The highest BCUT2D eigenvalue weighted by Gasteiger charge is 2.34. The number of hydrogen-bond donors (Lipinski definition) is 0. The number of carbonyl (C=O) groups is 1. The number of ether oxygens (including phenoxy) is 1. The Bertz CT molecular complexity index is 511. The van der Waals surface area contributed by atoms with Crippen LogP contribution in [0.4, 0.5) is 0 Å². The molecule has 0 spiro atoms. The van der Waals surface area contributed by atoms with E-state index in [1.807, 2.05) is 6.07 Å². The summed E-state index contributed by atoms with van der Waals surface area (Å²) < 4.78 is 5.92. The van der Waals surface area contributed by atoms with Crippen LogP contribution in [0.3, 0.4) is 0 Å². The first-order chi connectivity index (χ1) is 9.04. The van der Waals surface area contributed by atoms with Crippen LogP contribution < -0.4 is 4.74 Å². The molecule has 1 aliphatic heterocycles. The van der Waals surface area contributed by atoms with Crippen LogP contribution >= 0.6 is 0 Å². The van der Waals surface area contributed by atoms with E-state index in [4.69, 9.17) is 12.6 Å². The first kappa shape index (κ1) is 12.6. The smallest absolute Gasteiger partial charge is 0.219 e. The van der Waals surface area contributed by atoms with Crippen LogP contribution in [0.5, 0.6) is 5.75 Å². The van der Waals surface area contributed by atoms with Crippen molar-refractivity contribution in [2.24, 2.45) is 0 Å². The second-order valence-corrected chi connectivity index (χ2v) is 5.69. The maximum atomic E-state index is 11.1. The Balaban J connectivity index is 1.61. The number of benzene rings is 1. The van der Waals surface area contributed by atoms with Crippen molar-refractivity contribution in [3.8, 4) is 5.75 Å².